The first-order valence-electron chi connectivity index (χ1n) is 16.6. The fourth-order valence-corrected chi connectivity index (χ4v) is 6.00. The highest BCUT2D eigenvalue weighted by Gasteiger charge is 2.33. The molecule has 3 N–H and O–H groups in total. The van der Waals surface area contributed by atoms with E-state index < -0.39 is 6.29 Å². The van der Waals surface area contributed by atoms with Gasteiger partial charge in [-0.15, -0.1) is 0 Å². The molecule has 5 aromatic carbocycles. The largest absolute Gasteiger partial charge is 0.392 e. The average Bonchev–Trinajstić information content (AvgIpc) is 3.14. The third kappa shape index (κ3) is 9.62. The minimum absolute atomic E-state index is 0.00396. The van der Waals surface area contributed by atoms with E-state index in [0.717, 1.165) is 47.5 Å². The molecule has 6 rings (SSSR count). The lowest BCUT2D eigenvalue weighted by Gasteiger charge is -2.38. The van der Waals surface area contributed by atoms with Crippen molar-refractivity contribution >= 4 is 6.03 Å². The van der Waals surface area contributed by atoms with E-state index in [2.05, 4.69) is 64.1 Å². The highest BCUT2D eigenvalue weighted by atomic mass is 16.7. The van der Waals surface area contributed by atoms with Crippen molar-refractivity contribution in [1.29, 1.82) is 0 Å². The molecule has 2 amide bonds. The zero-order valence-electron chi connectivity index (χ0n) is 27.1. The number of hydrogen-bond donors (Lipinski definition) is 3. The lowest BCUT2D eigenvalue weighted by molar-refractivity contribution is -0.253. The lowest BCUT2D eigenvalue weighted by atomic mass is 9.99. The van der Waals surface area contributed by atoms with Gasteiger partial charge in [0, 0.05) is 44.7 Å². The molecule has 1 aliphatic heterocycles. The Kier molecular flexibility index (Phi) is 11.6. The molecule has 7 nitrogen and oxygen atoms in total. The van der Waals surface area contributed by atoms with Gasteiger partial charge in [-0.3, -0.25) is 4.90 Å². The van der Waals surface area contributed by atoms with Crippen molar-refractivity contribution in [1.82, 2.24) is 15.5 Å². The van der Waals surface area contributed by atoms with E-state index in [0.29, 0.717) is 19.5 Å². The van der Waals surface area contributed by atoms with E-state index in [4.69, 9.17) is 9.47 Å². The third-order valence-electron chi connectivity index (χ3n) is 8.58. The Morgan fingerprint density at radius 2 is 1.08 bits per heavy atom. The number of nitrogens with zero attached hydrogens (tertiary/aromatic N) is 1. The minimum Gasteiger partial charge on any atom is -0.392 e. The molecule has 3 unspecified atom stereocenters. The molecule has 3 atom stereocenters. The number of ether oxygens (including phenoxy) is 2. The first-order valence-corrected chi connectivity index (χ1v) is 16.6. The molecule has 1 saturated heterocycles. The summed E-state index contributed by atoms with van der Waals surface area (Å²) in [4.78, 5) is 14.8. The Balaban J connectivity index is 1.15. The van der Waals surface area contributed by atoms with Crippen LogP contribution in [0.4, 0.5) is 4.79 Å². The van der Waals surface area contributed by atoms with Gasteiger partial charge < -0.3 is 25.2 Å². The lowest BCUT2D eigenvalue weighted by Crippen LogP contribution is -2.39. The summed E-state index contributed by atoms with van der Waals surface area (Å²) < 4.78 is 13.3. The van der Waals surface area contributed by atoms with Crippen molar-refractivity contribution in [2.45, 2.75) is 57.7 Å². The molecule has 1 aliphatic rings. The summed E-state index contributed by atoms with van der Waals surface area (Å²) in [7, 11) is 0. The number of amides is 2. The highest BCUT2D eigenvalue weighted by molar-refractivity contribution is 5.73. The van der Waals surface area contributed by atoms with Crippen molar-refractivity contribution in [2.24, 2.45) is 0 Å². The maximum Gasteiger partial charge on any atom is 0.315 e. The Morgan fingerprint density at radius 3 is 1.62 bits per heavy atom. The van der Waals surface area contributed by atoms with E-state index in [9.17, 15) is 9.90 Å². The van der Waals surface area contributed by atoms with E-state index in [1.54, 1.807) is 0 Å². The molecule has 5 aromatic rings. The van der Waals surface area contributed by atoms with Gasteiger partial charge in [-0.05, 0) is 33.4 Å². The van der Waals surface area contributed by atoms with Crippen molar-refractivity contribution in [2.75, 3.05) is 6.54 Å². The van der Waals surface area contributed by atoms with Crippen LogP contribution in [0.25, 0.3) is 0 Å². The van der Waals surface area contributed by atoms with Crippen molar-refractivity contribution in [3.05, 3.63) is 178 Å². The predicted molar refractivity (Wildman–Crippen MR) is 187 cm³/mol. The molecule has 0 spiro atoms. The van der Waals surface area contributed by atoms with Gasteiger partial charge in [0.05, 0.1) is 18.8 Å². The topological polar surface area (TPSA) is 83.1 Å². The summed E-state index contributed by atoms with van der Waals surface area (Å²) in [6.45, 7) is 3.22. The third-order valence-corrected chi connectivity index (χ3v) is 8.58. The molecule has 0 saturated carbocycles. The number of carbonyl (C=O) groups is 1. The summed E-state index contributed by atoms with van der Waals surface area (Å²) in [6, 6.07) is 46.8. The average molecular weight is 642 g/mol. The van der Waals surface area contributed by atoms with Gasteiger partial charge in [0.2, 0.25) is 0 Å². The summed E-state index contributed by atoms with van der Waals surface area (Å²) in [5.41, 5.74) is 7.39. The zero-order valence-corrected chi connectivity index (χ0v) is 27.1. The quantitative estimate of drug-likeness (QED) is 0.125. The molecule has 1 fully saturated rings. The molecule has 246 valence electrons. The number of hydrogen-bond acceptors (Lipinski definition) is 5. The van der Waals surface area contributed by atoms with E-state index in [1.807, 2.05) is 91.0 Å². The van der Waals surface area contributed by atoms with E-state index >= 15 is 0 Å². The Hall–Kier alpha value is -4.79. The Morgan fingerprint density at radius 1 is 0.604 bits per heavy atom. The maximum atomic E-state index is 12.4. The first-order chi connectivity index (χ1) is 23.6. The summed E-state index contributed by atoms with van der Waals surface area (Å²) in [6.07, 6.45) is -0.118. The number of benzene rings is 5. The molecule has 0 aromatic heterocycles. The Bertz CT molecular complexity index is 1640. The number of rotatable bonds is 13. The highest BCUT2D eigenvalue weighted by Crippen LogP contribution is 2.38. The fraction of sp³-hybridized carbons (Fsp3) is 0.244. The zero-order chi connectivity index (χ0) is 33.0. The predicted octanol–water partition coefficient (Wildman–Crippen LogP) is 7.43. The summed E-state index contributed by atoms with van der Waals surface area (Å²) in [5, 5.41) is 15.4. The molecule has 48 heavy (non-hydrogen) atoms. The second kappa shape index (κ2) is 16.9. The van der Waals surface area contributed by atoms with E-state index in [-0.39, 0.29) is 24.8 Å². The molecular weight excluding hydrogens is 598 g/mol. The van der Waals surface area contributed by atoms with Crippen molar-refractivity contribution in [3.63, 3.8) is 0 Å². The van der Waals surface area contributed by atoms with Gasteiger partial charge in [0.1, 0.15) is 0 Å². The van der Waals surface area contributed by atoms with Gasteiger partial charge in [0.25, 0.3) is 0 Å². The van der Waals surface area contributed by atoms with Crippen molar-refractivity contribution < 1.29 is 19.4 Å². The van der Waals surface area contributed by atoms with Gasteiger partial charge in [-0.1, -0.05) is 140 Å². The maximum absolute atomic E-state index is 12.4. The van der Waals surface area contributed by atoms with Crippen LogP contribution in [-0.2, 0) is 42.3 Å². The fourth-order valence-electron chi connectivity index (χ4n) is 6.00. The monoisotopic (exact) mass is 641 g/mol. The van der Waals surface area contributed by atoms with Crippen LogP contribution >= 0.6 is 0 Å². The van der Waals surface area contributed by atoms with Crippen LogP contribution in [0, 0.1) is 0 Å². The second-order valence-electron chi connectivity index (χ2n) is 12.3. The van der Waals surface area contributed by atoms with Crippen LogP contribution in [0.5, 0.6) is 0 Å². The molecule has 7 heteroatoms. The van der Waals surface area contributed by atoms with Crippen LogP contribution in [0.2, 0.25) is 0 Å². The second-order valence-corrected chi connectivity index (χ2v) is 12.3. The molecule has 0 aliphatic carbocycles. The van der Waals surface area contributed by atoms with E-state index in [1.165, 1.54) is 11.1 Å². The standard InChI is InChI=1S/C41H43N3O4/c45-30-35-18-20-36(21-19-35)39-24-38(29-44(27-33-12-6-2-7-13-33)28-34-14-8-3-9-15-34)47-40(48-39)37-22-16-32(17-23-37)26-43-41(46)42-25-31-10-4-1-5-11-31/h1-23,38-40,45H,24-30H2,(H2,42,43,46). The minimum atomic E-state index is -0.558. The number of urea groups is 1. The van der Waals surface area contributed by atoms with Crippen LogP contribution < -0.4 is 10.6 Å². The molecule has 0 radical (unpaired) electrons. The van der Waals surface area contributed by atoms with Crippen molar-refractivity contribution in [3.8, 4) is 0 Å². The van der Waals surface area contributed by atoms with Gasteiger partial charge in [0.15, 0.2) is 6.29 Å². The first kappa shape index (κ1) is 33.1. The summed E-state index contributed by atoms with van der Waals surface area (Å²) >= 11 is 0. The number of carbonyl (C=O) groups excluding carboxylic acids is 1. The molecular formula is C41H43N3O4. The number of aliphatic hydroxyl groups excluding tert-OH is 1. The normalized spacial score (nSPS) is 17.6. The summed E-state index contributed by atoms with van der Waals surface area (Å²) in [5.74, 6) is 0. The van der Waals surface area contributed by atoms with Crippen LogP contribution in [0.3, 0.4) is 0 Å². The molecule has 1 heterocycles. The van der Waals surface area contributed by atoms with Gasteiger partial charge in [-0.2, -0.15) is 0 Å². The number of nitrogens with one attached hydrogen (secondary N) is 2. The number of aliphatic hydroxyl groups is 1. The smallest absolute Gasteiger partial charge is 0.315 e. The molecule has 0 bridgehead atoms. The van der Waals surface area contributed by atoms with Crippen LogP contribution in [-0.4, -0.2) is 28.7 Å². The Labute approximate surface area is 283 Å². The van der Waals surface area contributed by atoms with Gasteiger partial charge in [-0.25, -0.2) is 4.79 Å². The van der Waals surface area contributed by atoms with Gasteiger partial charge >= 0.3 is 6.03 Å². The van der Waals surface area contributed by atoms with Crippen LogP contribution in [0.15, 0.2) is 140 Å². The SMILES string of the molecule is O=C(NCc1ccccc1)NCc1ccc(C2OC(CN(Cc3ccccc3)Cc3ccccc3)CC(c3ccc(CO)cc3)O2)cc1. The van der Waals surface area contributed by atoms with Crippen LogP contribution in [0.1, 0.15) is 57.8 Å².